The molecule has 0 aliphatic heterocycles. The fourth-order valence-electron chi connectivity index (χ4n) is 0.214. The maximum absolute atomic E-state index is 9.99. The van der Waals surface area contributed by atoms with Crippen LogP contribution in [-0.4, -0.2) is 23.8 Å². The average Bonchev–Trinajstić information content (AvgIpc) is 1.61. The van der Waals surface area contributed by atoms with Gasteiger partial charge in [-0.25, -0.2) is 0 Å². The molecule has 0 fully saturated rings. The summed E-state index contributed by atoms with van der Waals surface area (Å²) >= 11 is 0. The molecule has 1 radical (unpaired) electrons. The average molecular weight is 117 g/mol. The molecule has 3 nitrogen and oxygen atoms in total. The van der Waals surface area contributed by atoms with Gasteiger partial charge in [-0.05, 0) is 6.92 Å². The summed E-state index contributed by atoms with van der Waals surface area (Å²) in [5, 5.41) is 8.41. The quantitative estimate of drug-likeness (QED) is 0.507. The van der Waals surface area contributed by atoms with Crippen LogP contribution in [0.2, 0.25) is 0 Å². The molecular formula is C5H9O3. The summed E-state index contributed by atoms with van der Waals surface area (Å²) in [5.41, 5.74) is 0. The predicted molar refractivity (Wildman–Crippen MR) is 28.0 cm³/mol. The molecule has 0 spiro atoms. The van der Waals surface area contributed by atoms with E-state index in [0.29, 0.717) is 0 Å². The molecule has 0 aliphatic rings. The number of carbonyl (C=O) groups excluding carboxylic acids is 1. The molecule has 8 heavy (non-hydrogen) atoms. The van der Waals surface area contributed by atoms with Crippen LogP contribution >= 0.6 is 0 Å². The Labute approximate surface area is 48.3 Å². The van der Waals surface area contributed by atoms with Crippen molar-refractivity contribution in [1.82, 2.24) is 0 Å². The zero-order chi connectivity index (χ0) is 6.57. The van der Waals surface area contributed by atoms with Gasteiger partial charge in [-0.1, -0.05) is 0 Å². The van der Waals surface area contributed by atoms with Crippen molar-refractivity contribution >= 4 is 5.97 Å². The van der Waals surface area contributed by atoms with Crippen molar-refractivity contribution in [2.45, 2.75) is 13.0 Å². The van der Waals surface area contributed by atoms with E-state index in [1.54, 1.807) is 0 Å². The van der Waals surface area contributed by atoms with Crippen LogP contribution in [0.25, 0.3) is 0 Å². The first kappa shape index (κ1) is 7.43. The van der Waals surface area contributed by atoms with Gasteiger partial charge in [0.2, 0.25) is 0 Å². The second-order valence-electron chi connectivity index (χ2n) is 1.46. The molecule has 0 aromatic rings. The largest absolute Gasteiger partial charge is 0.463 e. The molecule has 3 heteroatoms. The minimum atomic E-state index is -0.807. The summed E-state index contributed by atoms with van der Waals surface area (Å²) in [6, 6.07) is 0. The van der Waals surface area contributed by atoms with E-state index in [-0.39, 0.29) is 6.61 Å². The lowest BCUT2D eigenvalue weighted by Gasteiger charge is -2.01. The van der Waals surface area contributed by atoms with E-state index < -0.39 is 12.1 Å². The highest BCUT2D eigenvalue weighted by Gasteiger charge is 1.96. The van der Waals surface area contributed by atoms with Crippen LogP contribution in [0, 0.1) is 6.92 Å². The molecule has 1 atom stereocenters. The third kappa shape index (κ3) is 5.43. The highest BCUT2D eigenvalue weighted by molar-refractivity contribution is 5.65. The summed E-state index contributed by atoms with van der Waals surface area (Å²) in [5.74, 6) is -0.396. The standard InChI is InChI=1S/C5H9O3/c1-4(6)3-8-5(2)7/h4,6H,1,3H2,2H3. The molecule has 0 amide bonds. The van der Waals surface area contributed by atoms with E-state index in [1.807, 2.05) is 0 Å². The fourth-order valence-corrected chi connectivity index (χ4v) is 0.214. The maximum atomic E-state index is 9.99. The zero-order valence-corrected chi connectivity index (χ0v) is 4.76. The van der Waals surface area contributed by atoms with Gasteiger partial charge in [-0.3, -0.25) is 4.79 Å². The van der Waals surface area contributed by atoms with Gasteiger partial charge in [0.15, 0.2) is 0 Å². The van der Waals surface area contributed by atoms with Crippen molar-refractivity contribution in [1.29, 1.82) is 0 Å². The van der Waals surface area contributed by atoms with Gasteiger partial charge in [-0.15, -0.1) is 0 Å². The van der Waals surface area contributed by atoms with Crippen molar-refractivity contribution in [2.24, 2.45) is 0 Å². The van der Waals surface area contributed by atoms with Crippen molar-refractivity contribution in [3.05, 3.63) is 6.92 Å². The van der Waals surface area contributed by atoms with E-state index in [0.717, 1.165) is 0 Å². The number of ether oxygens (including phenoxy) is 1. The second kappa shape index (κ2) is 3.43. The first-order chi connectivity index (χ1) is 3.63. The minimum absolute atomic E-state index is 0.0185. The SMILES string of the molecule is [CH2]C(O)COC(C)=O. The number of esters is 1. The lowest BCUT2D eigenvalue weighted by atomic mass is 10.4. The van der Waals surface area contributed by atoms with E-state index in [1.165, 1.54) is 6.92 Å². The molecule has 1 N–H and O–H groups in total. The van der Waals surface area contributed by atoms with Crippen LogP contribution in [0.1, 0.15) is 6.92 Å². The normalized spacial score (nSPS) is 12.9. The van der Waals surface area contributed by atoms with Gasteiger partial charge < -0.3 is 9.84 Å². The number of hydrogen-bond acceptors (Lipinski definition) is 3. The van der Waals surface area contributed by atoms with E-state index in [2.05, 4.69) is 11.7 Å². The molecule has 0 aromatic heterocycles. The Bertz CT molecular complexity index is 77.7. The molecule has 0 aromatic carbocycles. The van der Waals surface area contributed by atoms with E-state index >= 15 is 0 Å². The lowest BCUT2D eigenvalue weighted by molar-refractivity contribution is -0.143. The summed E-state index contributed by atoms with van der Waals surface area (Å²) in [4.78, 5) is 9.99. The van der Waals surface area contributed by atoms with Crippen LogP contribution in [0.3, 0.4) is 0 Å². The number of aliphatic hydroxyl groups is 1. The zero-order valence-electron chi connectivity index (χ0n) is 4.76. The second-order valence-corrected chi connectivity index (χ2v) is 1.46. The van der Waals surface area contributed by atoms with Crippen molar-refractivity contribution < 1.29 is 14.6 Å². The van der Waals surface area contributed by atoms with Crippen LogP contribution in [0.4, 0.5) is 0 Å². The van der Waals surface area contributed by atoms with Gasteiger partial charge in [-0.2, -0.15) is 0 Å². The molecule has 0 aliphatic carbocycles. The molecule has 1 unspecified atom stereocenters. The summed E-state index contributed by atoms with van der Waals surface area (Å²) in [6.45, 7) is 4.45. The first-order valence-electron chi connectivity index (χ1n) is 2.27. The molecular weight excluding hydrogens is 108 g/mol. The van der Waals surface area contributed by atoms with Crippen molar-refractivity contribution in [3.63, 3.8) is 0 Å². The van der Waals surface area contributed by atoms with Gasteiger partial charge in [0.25, 0.3) is 0 Å². The number of aliphatic hydroxyl groups excluding tert-OH is 1. The molecule has 47 valence electrons. The van der Waals surface area contributed by atoms with Crippen molar-refractivity contribution in [3.8, 4) is 0 Å². The predicted octanol–water partition coefficient (Wildman–Crippen LogP) is -0.256. The smallest absolute Gasteiger partial charge is 0.302 e. The topological polar surface area (TPSA) is 46.5 Å². The first-order valence-corrected chi connectivity index (χ1v) is 2.27. The Hall–Kier alpha value is -0.570. The van der Waals surface area contributed by atoms with Crippen LogP contribution in [0.15, 0.2) is 0 Å². The van der Waals surface area contributed by atoms with Gasteiger partial charge >= 0.3 is 5.97 Å². The Morgan fingerprint density at radius 3 is 2.62 bits per heavy atom. The Morgan fingerprint density at radius 1 is 2.00 bits per heavy atom. The fraction of sp³-hybridized carbons (Fsp3) is 0.600. The number of hydrogen-bond donors (Lipinski definition) is 1. The van der Waals surface area contributed by atoms with Crippen molar-refractivity contribution in [2.75, 3.05) is 6.61 Å². The Balaban J connectivity index is 3.05. The van der Waals surface area contributed by atoms with Crippen LogP contribution in [0.5, 0.6) is 0 Å². The summed E-state index contributed by atoms with van der Waals surface area (Å²) in [6.07, 6.45) is -0.807. The molecule has 0 heterocycles. The van der Waals surface area contributed by atoms with E-state index in [9.17, 15) is 4.79 Å². The summed E-state index contributed by atoms with van der Waals surface area (Å²) < 4.78 is 4.35. The highest BCUT2D eigenvalue weighted by atomic mass is 16.5. The van der Waals surface area contributed by atoms with E-state index in [4.69, 9.17) is 5.11 Å². The van der Waals surface area contributed by atoms with Gasteiger partial charge in [0.05, 0.1) is 6.10 Å². The van der Waals surface area contributed by atoms with Crippen LogP contribution in [-0.2, 0) is 9.53 Å². The number of rotatable bonds is 2. The third-order valence-corrected chi connectivity index (χ3v) is 0.479. The number of carbonyl (C=O) groups is 1. The monoisotopic (exact) mass is 117 g/mol. The lowest BCUT2D eigenvalue weighted by Crippen LogP contribution is -2.13. The maximum Gasteiger partial charge on any atom is 0.302 e. The van der Waals surface area contributed by atoms with Crippen LogP contribution < -0.4 is 0 Å². The molecule has 0 rings (SSSR count). The summed E-state index contributed by atoms with van der Waals surface area (Å²) in [7, 11) is 0. The molecule has 0 saturated heterocycles. The molecule has 0 bridgehead atoms. The van der Waals surface area contributed by atoms with Gasteiger partial charge in [0, 0.05) is 6.92 Å². The Kier molecular flexibility index (Phi) is 3.19. The molecule has 0 saturated carbocycles. The Morgan fingerprint density at radius 2 is 2.50 bits per heavy atom. The highest BCUT2D eigenvalue weighted by Crippen LogP contribution is 1.81. The third-order valence-electron chi connectivity index (χ3n) is 0.479. The minimum Gasteiger partial charge on any atom is -0.463 e. The van der Waals surface area contributed by atoms with Gasteiger partial charge in [0.1, 0.15) is 6.61 Å².